The van der Waals surface area contributed by atoms with Crippen molar-refractivity contribution < 1.29 is 23.4 Å². The van der Waals surface area contributed by atoms with E-state index in [1.54, 1.807) is 25.4 Å². The van der Waals surface area contributed by atoms with Crippen molar-refractivity contribution in [3.05, 3.63) is 107 Å². The Hall–Kier alpha value is -4.79. The number of fused-ring (bicyclic) bond motifs is 1. The zero-order chi connectivity index (χ0) is 27.5. The summed E-state index contributed by atoms with van der Waals surface area (Å²) in [6, 6.07) is 16.7. The van der Waals surface area contributed by atoms with E-state index >= 15 is 0 Å². The summed E-state index contributed by atoms with van der Waals surface area (Å²) in [6.07, 6.45) is 1.66. The molecule has 0 fully saturated rings. The predicted molar refractivity (Wildman–Crippen MR) is 143 cm³/mol. The minimum absolute atomic E-state index is 0.0578. The number of H-pyrrole nitrogens is 1. The Bertz CT molecular complexity index is 1650. The molecule has 7 nitrogen and oxygen atoms in total. The van der Waals surface area contributed by atoms with Crippen LogP contribution in [0.1, 0.15) is 28.6 Å². The standard InChI is InChI=1S/C30H26F2N4O3/c1-17-10-22(39-2)6-7-23(17)24-4-3-9-33-30(24)28(13-18-11-19(31)14-20(32)12-18)34-29(38)16-27-25-15-21(37)5-8-26(25)35-36-27/h3-12,14-15,28,37H,13,16H2,1-2H3,(H,34,38)(H,35,36). The monoisotopic (exact) mass is 528 g/mol. The van der Waals surface area contributed by atoms with Gasteiger partial charge in [-0.15, -0.1) is 0 Å². The lowest BCUT2D eigenvalue weighted by Gasteiger charge is -2.22. The molecule has 0 aliphatic heterocycles. The molecular weight excluding hydrogens is 502 g/mol. The molecule has 2 heterocycles. The van der Waals surface area contributed by atoms with Crippen LogP contribution in [0.3, 0.4) is 0 Å². The normalized spacial score (nSPS) is 11.9. The number of nitrogens with one attached hydrogen (secondary N) is 2. The molecule has 0 radical (unpaired) electrons. The van der Waals surface area contributed by atoms with Crippen molar-refractivity contribution in [2.45, 2.75) is 25.8 Å². The van der Waals surface area contributed by atoms with E-state index in [9.17, 15) is 18.7 Å². The number of nitrogens with zero attached hydrogens (tertiary/aromatic N) is 2. The van der Waals surface area contributed by atoms with Crippen molar-refractivity contribution in [3.8, 4) is 22.6 Å². The quantitative estimate of drug-likeness (QED) is 0.245. The molecule has 1 atom stereocenters. The highest BCUT2D eigenvalue weighted by molar-refractivity contribution is 5.88. The van der Waals surface area contributed by atoms with Gasteiger partial charge in [0.25, 0.3) is 0 Å². The van der Waals surface area contributed by atoms with Crippen LogP contribution in [-0.4, -0.2) is 33.3 Å². The second-order valence-electron chi connectivity index (χ2n) is 9.30. The van der Waals surface area contributed by atoms with Crippen molar-refractivity contribution in [3.63, 3.8) is 0 Å². The maximum atomic E-state index is 14.1. The number of aromatic hydroxyl groups is 1. The average molecular weight is 529 g/mol. The fourth-order valence-electron chi connectivity index (χ4n) is 4.76. The number of rotatable bonds is 8. The molecule has 1 amide bonds. The third kappa shape index (κ3) is 5.72. The van der Waals surface area contributed by atoms with Gasteiger partial charge in [0.15, 0.2) is 0 Å². The van der Waals surface area contributed by atoms with Crippen LogP contribution in [0.25, 0.3) is 22.0 Å². The Kier molecular flexibility index (Phi) is 7.23. The SMILES string of the molecule is COc1ccc(-c2cccnc2C(Cc2cc(F)cc(F)c2)NC(=O)Cc2[nH]nc3ccc(O)cc23)c(C)c1. The third-order valence-corrected chi connectivity index (χ3v) is 6.54. The molecular formula is C30H26F2N4O3. The number of ether oxygens (including phenoxy) is 1. The van der Waals surface area contributed by atoms with E-state index in [4.69, 9.17) is 4.74 Å². The van der Waals surface area contributed by atoms with Crippen LogP contribution >= 0.6 is 0 Å². The number of halogens is 2. The first kappa shape index (κ1) is 25.8. The molecule has 0 aliphatic rings. The Labute approximate surface area is 223 Å². The van der Waals surface area contributed by atoms with Crippen molar-refractivity contribution in [1.82, 2.24) is 20.5 Å². The van der Waals surface area contributed by atoms with Gasteiger partial charge in [-0.05, 0) is 78.6 Å². The Morgan fingerprint density at radius 2 is 1.85 bits per heavy atom. The Morgan fingerprint density at radius 3 is 2.59 bits per heavy atom. The molecule has 198 valence electrons. The summed E-state index contributed by atoms with van der Waals surface area (Å²) in [7, 11) is 1.60. The third-order valence-electron chi connectivity index (χ3n) is 6.54. The van der Waals surface area contributed by atoms with E-state index in [2.05, 4.69) is 20.5 Å². The zero-order valence-corrected chi connectivity index (χ0v) is 21.3. The van der Waals surface area contributed by atoms with Crippen LogP contribution in [0.5, 0.6) is 11.5 Å². The number of carbonyl (C=O) groups excluding carboxylic acids is 1. The number of aromatic nitrogens is 3. The molecule has 39 heavy (non-hydrogen) atoms. The molecule has 3 N–H and O–H groups in total. The highest BCUT2D eigenvalue weighted by Crippen LogP contribution is 2.33. The molecule has 0 bridgehead atoms. The van der Waals surface area contributed by atoms with Gasteiger partial charge in [0, 0.05) is 23.2 Å². The first-order valence-electron chi connectivity index (χ1n) is 12.3. The number of methoxy groups -OCH3 is 1. The van der Waals surface area contributed by atoms with Crippen molar-refractivity contribution in [1.29, 1.82) is 0 Å². The molecule has 9 heteroatoms. The lowest BCUT2D eigenvalue weighted by molar-refractivity contribution is -0.121. The summed E-state index contributed by atoms with van der Waals surface area (Å²) in [5, 5.41) is 20.6. The van der Waals surface area contributed by atoms with Crippen LogP contribution in [0.2, 0.25) is 0 Å². The topological polar surface area (TPSA) is 100 Å². The summed E-state index contributed by atoms with van der Waals surface area (Å²) in [5.41, 5.74) is 4.67. The lowest BCUT2D eigenvalue weighted by atomic mass is 9.93. The number of aromatic amines is 1. The van der Waals surface area contributed by atoms with E-state index in [1.165, 1.54) is 24.3 Å². The first-order valence-corrected chi connectivity index (χ1v) is 12.3. The largest absolute Gasteiger partial charge is 0.508 e. The smallest absolute Gasteiger partial charge is 0.226 e. The van der Waals surface area contributed by atoms with Crippen LogP contribution in [0.15, 0.2) is 72.9 Å². The second-order valence-corrected chi connectivity index (χ2v) is 9.30. The van der Waals surface area contributed by atoms with E-state index in [-0.39, 0.29) is 24.5 Å². The Morgan fingerprint density at radius 1 is 1.05 bits per heavy atom. The summed E-state index contributed by atoms with van der Waals surface area (Å²) in [6.45, 7) is 1.95. The number of benzene rings is 3. The highest BCUT2D eigenvalue weighted by Gasteiger charge is 2.23. The van der Waals surface area contributed by atoms with Crippen molar-refractivity contribution in [2.75, 3.05) is 7.11 Å². The lowest BCUT2D eigenvalue weighted by Crippen LogP contribution is -2.32. The number of phenols is 1. The minimum atomic E-state index is -0.709. The van der Waals surface area contributed by atoms with Gasteiger partial charge >= 0.3 is 0 Å². The van der Waals surface area contributed by atoms with Crippen LogP contribution in [0.4, 0.5) is 8.78 Å². The van der Waals surface area contributed by atoms with Crippen LogP contribution in [-0.2, 0) is 17.6 Å². The summed E-state index contributed by atoms with van der Waals surface area (Å²) >= 11 is 0. The van der Waals surface area contributed by atoms with Gasteiger partial charge in [0.2, 0.25) is 5.91 Å². The van der Waals surface area contributed by atoms with Crippen molar-refractivity contribution in [2.24, 2.45) is 0 Å². The number of hydrogen-bond donors (Lipinski definition) is 3. The molecule has 3 aromatic carbocycles. The second kappa shape index (κ2) is 10.9. The number of pyridine rings is 1. The highest BCUT2D eigenvalue weighted by atomic mass is 19.1. The molecule has 5 rings (SSSR count). The van der Waals surface area contributed by atoms with E-state index < -0.39 is 17.7 Å². The maximum Gasteiger partial charge on any atom is 0.226 e. The number of phenolic OH excluding ortho intramolecular Hbond substituents is 1. The van der Waals surface area contributed by atoms with Crippen molar-refractivity contribution >= 4 is 16.8 Å². The van der Waals surface area contributed by atoms with Gasteiger partial charge in [-0.1, -0.05) is 12.1 Å². The number of hydrogen-bond acceptors (Lipinski definition) is 5. The predicted octanol–water partition coefficient (Wildman–Crippen LogP) is 5.57. The number of aryl methyl sites for hydroxylation is 1. The molecule has 0 saturated heterocycles. The molecule has 2 aromatic heterocycles. The van der Waals surface area contributed by atoms with Gasteiger partial charge in [-0.25, -0.2) is 8.78 Å². The fourth-order valence-corrected chi connectivity index (χ4v) is 4.76. The average Bonchev–Trinajstić information content (AvgIpc) is 3.29. The zero-order valence-electron chi connectivity index (χ0n) is 21.3. The Balaban J connectivity index is 1.52. The van der Waals surface area contributed by atoms with Gasteiger partial charge < -0.3 is 15.2 Å². The first-order chi connectivity index (χ1) is 18.8. The molecule has 0 saturated carbocycles. The van der Waals surface area contributed by atoms with Crippen LogP contribution < -0.4 is 10.1 Å². The molecule has 0 aliphatic carbocycles. The fraction of sp³-hybridized carbons (Fsp3) is 0.167. The van der Waals surface area contributed by atoms with Gasteiger partial charge in [0.05, 0.1) is 36.5 Å². The van der Waals surface area contributed by atoms with E-state index in [0.29, 0.717) is 33.6 Å². The number of carbonyl (C=O) groups is 1. The molecule has 1 unspecified atom stereocenters. The van der Waals surface area contributed by atoms with Gasteiger partial charge in [-0.2, -0.15) is 5.10 Å². The van der Waals surface area contributed by atoms with Gasteiger partial charge in [-0.3, -0.25) is 14.9 Å². The molecule has 5 aromatic rings. The molecule has 0 spiro atoms. The van der Waals surface area contributed by atoms with E-state index in [1.807, 2.05) is 31.2 Å². The summed E-state index contributed by atoms with van der Waals surface area (Å²) < 4.78 is 33.5. The summed E-state index contributed by atoms with van der Waals surface area (Å²) in [4.78, 5) is 17.9. The number of amides is 1. The van der Waals surface area contributed by atoms with Crippen LogP contribution in [0, 0.1) is 18.6 Å². The minimum Gasteiger partial charge on any atom is -0.508 e. The summed E-state index contributed by atoms with van der Waals surface area (Å²) in [5.74, 6) is -0.991. The van der Waals surface area contributed by atoms with Gasteiger partial charge in [0.1, 0.15) is 23.1 Å². The maximum absolute atomic E-state index is 14.1. The van der Waals surface area contributed by atoms with E-state index in [0.717, 1.165) is 22.8 Å².